The maximum absolute atomic E-state index is 11.7. The predicted octanol–water partition coefficient (Wildman–Crippen LogP) is 2.25. The number of amides is 2. The molecular weight excluding hydrogens is 302 g/mol. The number of carbonyl (C=O) groups is 2. The van der Waals surface area contributed by atoms with Gasteiger partial charge in [-0.05, 0) is 64.2 Å². The van der Waals surface area contributed by atoms with Crippen LogP contribution in [0.3, 0.4) is 0 Å². The fraction of sp³-hybridized carbons (Fsp3) is 0.579. The average molecular weight is 331 g/mol. The first-order valence-corrected chi connectivity index (χ1v) is 8.79. The lowest BCUT2D eigenvalue weighted by atomic mass is 10.1. The molecule has 5 nitrogen and oxygen atoms in total. The Kier molecular flexibility index (Phi) is 6.23. The topological polar surface area (TPSA) is 61.4 Å². The molecule has 0 radical (unpaired) electrons. The number of anilines is 1. The number of carbonyl (C=O) groups excluding carboxylic acids is 2. The Bertz CT molecular complexity index is 555. The van der Waals surface area contributed by atoms with Crippen molar-refractivity contribution in [3.05, 3.63) is 29.8 Å². The van der Waals surface area contributed by atoms with Crippen molar-refractivity contribution in [2.45, 2.75) is 52.0 Å². The minimum absolute atomic E-state index is 0.397. The van der Waals surface area contributed by atoms with Crippen LogP contribution in [0.2, 0.25) is 0 Å². The zero-order chi connectivity index (χ0) is 17.6. The van der Waals surface area contributed by atoms with Crippen molar-refractivity contribution in [2.75, 3.05) is 24.5 Å². The molecule has 2 rings (SSSR count). The highest BCUT2D eigenvalue weighted by molar-refractivity contribution is 6.35. The van der Waals surface area contributed by atoms with E-state index >= 15 is 0 Å². The number of benzene rings is 1. The van der Waals surface area contributed by atoms with E-state index in [2.05, 4.69) is 39.8 Å². The van der Waals surface area contributed by atoms with Crippen LogP contribution in [0, 0.1) is 0 Å². The summed E-state index contributed by atoms with van der Waals surface area (Å²) in [6.45, 7) is 8.37. The quantitative estimate of drug-likeness (QED) is 0.643. The van der Waals surface area contributed by atoms with E-state index in [9.17, 15) is 9.59 Å². The maximum atomic E-state index is 11.7. The molecule has 2 amide bonds. The van der Waals surface area contributed by atoms with Crippen molar-refractivity contribution >= 4 is 17.5 Å². The summed E-state index contributed by atoms with van der Waals surface area (Å²) in [7, 11) is 0. The van der Waals surface area contributed by atoms with Gasteiger partial charge in [-0.1, -0.05) is 12.1 Å². The number of hydrogen-bond acceptors (Lipinski definition) is 3. The molecule has 1 saturated heterocycles. The molecule has 1 aromatic rings. The van der Waals surface area contributed by atoms with E-state index in [1.54, 1.807) is 0 Å². The van der Waals surface area contributed by atoms with Gasteiger partial charge >= 0.3 is 11.8 Å². The number of aryl methyl sites for hydroxylation is 1. The van der Waals surface area contributed by atoms with Crippen LogP contribution >= 0.6 is 0 Å². The second-order valence-corrected chi connectivity index (χ2v) is 7.42. The largest absolute Gasteiger partial charge is 0.372 e. The lowest BCUT2D eigenvalue weighted by Crippen LogP contribution is -2.48. The van der Waals surface area contributed by atoms with Crippen LogP contribution in [-0.2, 0) is 16.0 Å². The highest BCUT2D eigenvalue weighted by Crippen LogP contribution is 2.20. The lowest BCUT2D eigenvalue weighted by Gasteiger charge is -2.19. The number of rotatable bonds is 5. The molecule has 24 heavy (non-hydrogen) atoms. The first kappa shape index (κ1) is 18.3. The first-order valence-electron chi connectivity index (χ1n) is 8.79. The summed E-state index contributed by atoms with van der Waals surface area (Å²) in [5, 5.41) is 5.33. The van der Waals surface area contributed by atoms with E-state index in [0.717, 1.165) is 25.9 Å². The van der Waals surface area contributed by atoms with Gasteiger partial charge in [0.15, 0.2) is 0 Å². The highest BCUT2D eigenvalue weighted by Gasteiger charge is 2.19. The Hall–Kier alpha value is -2.04. The van der Waals surface area contributed by atoms with Gasteiger partial charge in [-0.25, -0.2) is 0 Å². The predicted molar refractivity (Wildman–Crippen MR) is 97.1 cm³/mol. The number of nitrogens with one attached hydrogen (secondary N) is 2. The van der Waals surface area contributed by atoms with Gasteiger partial charge in [0.25, 0.3) is 0 Å². The lowest BCUT2D eigenvalue weighted by molar-refractivity contribution is -0.140. The number of nitrogens with zero attached hydrogens (tertiary/aromatic N) is 1. The Morgan fingerprint density at radius 2 is 1.67 bits per heavy atom. The van der Waals surface area contributed by atoms with Gasteiger partial charge in [0.1, 0.15) is 0 Å². The molecule has 1 aliphatic heterocycles. The summed E-state index contributed by atoms with van der Waals surface area (Å²) < 4.78 is 0. The van der Waals surface area contributed by atoms with Crippen LogP contribution in [0.1, 0.15) is 45.6 Å². The van der Waals surface area contributed by atoms with Gasteiger partial charge in [-0.2, -0.15) is 0 Å². The zero-order valence-electron chi connectivity index (χ0n) is 15.0. The van der Waals surface area contributed by atoms with E-state index in [4.69, 9.17) is 0 Å². The summed E-state index contributed by atoms with van der Waals surface area (Å²) in [5.74, 6) is -1.13. The van der Waals surface area contributed by atoms with Gasteiger partial charge in [0.05, 0.1) is 0 Å². The second-order valence-electron chi connectivity index (χ2n) is 7.42. The van der Waals surface area contributed by atoms with E-state index in [1.807, 2.05) is 20.8 Å². The van der Waals surface area contributed by atoms with E-state index in [1.165, 1.54) is 24.1 Å². The second kappa shape index (κ2) is 8.18. The summed E-state index contributed by atoms with van der Waals surface area (Å²) in [6, 6.07) is 8.66. The van der Waals surface area contributed by atoms with Crippen molar-refractivity contribution in [1.29, 1.82) is 0 Å². The Labute approximate surface area is 144 Å². The minimum Gasteiger partial charge on any atom is -0.372 e. The Morgan fingerprint density at radius 3 is 2.25 bits per heavy atom. The molecule has 1 heterocycles. The summed E-state index contributed by atoms with van der Waals surface area (Å²) in [5.41, 5.74) is 2.15. The van der Waals surface area contributed by atoms with Crippen molar-refractivity contribution in [2.24, 2.45) is 0 Å². The molecule has 0 aromatic heterocycles. The monoisotopic (exact) mass is 331 g/mol. The molecule has 0 bridgehead atoms. The third kappa shape index (κ3) is 5.87. The molecular formula is C19H29N3O2. The van der Waals surface area contributed by atoms with Crippen LogP contribution in [0.4, 0.5) is 5.69 Å². The van der Waals surface area contributed by atoms with Crippen molar-refractivity contribution in [3.8, 4) is 0 Å². The standard InChI is InChI=1S/C19H29N3O2/c1-19(2,3)21-18(24)17(23)20-12-6-7-15-8-10-16(11-9-15)22-13-4-5-14-22/h8-11H,4-7,12-14H2,1-3H3,(H,20,23)(H,21,24). The molecule has 0 saturated carbocycles. The molecule has 1 fully saturated rings. The fourth-order valence-corrected chi connectivity index (χ4v) is 2.82. The molecule has 1 aromatic carbocycles. The molecule has 5 heteroatoms. The van der Waals surface area contributed by atoms with Crippen molar-refractivity contribution in [1.82, 2.24) is 10.6 Å². The third-order valence-electron chi connectivity index (χ3n) is 4.03. The summed E-state index contributed by atoms with van der Waals surface area (Å²) in [6.07, 6.45) is 4.27. The highest BCUT2D eigenvalue weighted by atomic mass is 16.2. The normalized spacial score (nSPS) is 14.5. The third-order valence-corrected chi connectivity index (χ3v) is 4.03. The number of hydrogen-bond donors (Lipinski definition) is 2. The fourth-order valence-electron chi connectivity index (χ4n) is 2.82. The smallest absolute Gasteiger partial charge is 0.309 e. The summed E-state index contributed by atoms with van der Waals surface area (Å²) >= 11 is 0. The van der Waals surface area contributed by atoms with Crippen molar-refractivity contribution in [3.63, 3.8) is 0 Å². The van der Waals surface area contributed by atoms with Crippen LogP contribution in [0.25, 0.3) is 0 Å². The molecule has 132 valence electrons. The molecule has 0 spiro atoms. The van der Waals surface area contributed by atoms with E-state index in [0.29, 0.717) is 6.54 Å². The maximum Gasteiger partial charge on any atom is 0.309 e. The average Bonchev–Trinajstić information content (AvgIpc) is 3.04. The van der Waals surface area contributed by atoms with Gasteiger partial charge in [0.2, 0.25) is 0 Å². The Morgan fingerprint density at radius 1 is 1.04 bits per heavy atom. The molecule has 0 atom stereocenters. The Balaban J connectivity index is 1.68. The van der Waals surface area contributed by atoms with Crippen LogP contribution < -0.4 is 15.5 Å². The van der Waals surface area contributed by atoms with Crippen LogP contribution in [-0.4, -0.2) is 37.0 Å². The molecule has 1 aliphatic rings. The minimum atomic E-state index is -0.572. The summed E-state index contributed by atoms with van der Waals surface area (Å²) in [4.78, 5) is 25.8. The zero-order valence-corrected chi connectivity index (χ0v) is 15.0. The molecule has 0 unspecified atom stereocenters. The van der Waals surface area contributed by atoms with E-state index in [-0.39, 0.29) is 0 Å². The van der Waals surface area contributed by atoms with Crippen LogP contribution in [0.15, 0.2) is 24.3 Å². The first-order chi connectivity index (χ1) is 11.3. The van der Waals surface area contributed by atoms with Gasteiger partial charge < -0.3 is 15.5 Å². The van der Waals surface area contributed by atoms with Gasteiger partial charge in [0, 0.05) is 30.9 Å². The van der Waals surface area contributed by atoms with E-state index < -0.39 is 17.4 Å². The SMILES string of the molecule is CC(C)(C)NC(=O)C(=O)NCCCc1ccc(N2CCCC2)cc1. The molecule has 2 N–H and O–H groups in total. The van der Waals surface area contributed by atoms with Crippen LogP contribution in [0.5, 0.6) is 0 Å². The van der Waals surface area contributed by atoms with Crippen molar-refractivity contribution < 1.29 is 9.59 Å². The van der Waals surface area contributed by atoms with Gasteiger partial charge in [-0.3, -0.25) is 9.59 Å². The molecule has 0 aliphatic carbocycles. The van der Waals surface area contributed by atoms with Gasteiger partial charge in [-0.15, -0.1) is 0 Å².